The first-order valence-corrected chi connectivity index (χ1v) is 8.94. The molecule has 0 radical (unpaired) electrons. The minimum atomic E-state index is -0.472. The van der Waals surface area contributed by atoms with E-state index in [9.17, 15) is 4.39 Å². The molecule has 0 aliphatic carbocycles. The summed E-state index contributed by atoms with van der Waals surface area (Å²) < 4.78 is 14.2. The molecule has 1 saturated heterocycles. The molecular weight excluding hydrogens is 333 g/mol. The molecule has 3 aromatic rings. The summed E-state index contributed by atoms with van der Waals surface area (Å²) in [7, 11) is 0. The fraction of sp³-hybridized carbons (Fsp3) is 0.389. The van der Waals surface area contributed by atoms with Gasteiger partial charge in [0.2, 0.25) is 5.95 Å². The van der Waals surface area contributed by atoms with Gasteiger partial charge in [-0.05, 0) is 31.0 Å². The van der Waals surface area contributed by atoms with Crippen molar-refractivity contribution in [3.8, 4) is 0 Å². The van der Waals surface area contributed by atoms with E-state index in [0.29, 0.717) is 12.0 Å². The smallest absolute Gasteiger partial charge is 0.227 e. The lowest BCUT2D eigenvalue weighted by atomic mass is 10.1. The van der Waals surface area contributed by atoms with Crippen LogP contribution in [-0.4, -0.2) is 45.8 Å². The number of nitrogens with zero attached hydrogens (tertiary/aromatic N) is 4. The summed E-state index contributed by atoms with van der Waals surface area (Å²) in [5, 5.41) is 14.4. The van der Waals surface area contributed by atoms with Gasteiger partial charge >= 0.3 is 0 Å². The highest BCUT2D eigenvalue weighted by Gasteiger charge is 2.18. The highest BCUT2D eigenvalue weighted by molar-refractivity contribution is 5.82. The maximum atomic E-state index is 14.2. The fourth-order valence-electron chi connectivity index (χ4n) is 3.23. The van der Waals surface area contributed by atoms with E-state index in [2.05, 4.69) is 42.6 Å². The van der Waals surface area contributed by atoms with Crippen LogP contribution in [0, 0.1) is 5.82 Å². The number of hydrogen-bond acceptors (Lipinski definition) is 6. The third kappa shape index (κ3) is 3.45. The van der Waals surface area contributed by atoms with Crippen molar-refractivity contribution < 1.29 is 4.39 Å². The van der Waals surface area contributed by atoms with E-state index < -0.39 is 5.82 Å². The first-order chi connectivity index (χ1) is 12.7. The van der Waals surface area contributed by atoms with Crippen molar-refractivity contribution in [2.45, 2.75) is 25.8 Å². The second-order valence-electron chi connectivity index (χ2n) is 6.50. The summed E-state index contributed by atoms with van der Waals surface area (Å²) in [6, 6.07) is 6.18. The van der Waals surface area contributed by atoms with Gasteiger partial charge in [0.1, 0.15) is 0 Å². The number of rotatable bonds is 4. The quantitative estimate of drug-likeness (QED) is 0.668. The Hall–Kier alpha value is -2.74. The Labute approximate surface area is 151 Å². The number of H-pyrrole nitrogens is 1. The van der Waals surface area contributed by atoms with Gasteiger partial charge in [-0.2, -0.15) is 10.1 Å². The number of hydrogen-bond donors (Lipinski definition) is 3. The van der Waals surface area contributed by atoms with Crippen LogP contribution < -0.4 is 15.5 Å². The molecule has 0 spiro atoms. The lowest BCUT2D eigenvalue weighted by Gasteiger charge is -2.20. The van der Waals surface area contributed by atoms with Gasteiger partial charge in [0, 0.05) is 36.7 Å². The van der Waals surface area contributed by atoms with Gasteiger partial charge in [-0.25, -0.2) is 9.37 Å². The topological polar surface area (TPSA) is 81.8 Å². The zero-order chi connectivity index (χ0) is 17.9. The molecule has 1 fully saturated rings. The molecule has 2 aromatic heterocycles. The zero-order valence-electron chi connectivity index (χ0n) is 14.7. The number of fused-ring (bicyclic) bond motifs is 1. The summed E-state index contributed by atoms with van der Waals surface area (Å²) in [4.78, 5) is 10.7. The third-order valence-corrected chi connectivity index (χ3v) is 4.77. The molecule has 0 amide bonds. The normalized spacial score (nSPS) is 18.1. The monoisotopic (exact) mass is 355 g/mol. The van der Waals surface area contributed by atoms with Crippen LogP contribution in [-0.2, 0) is 0 Å². The first kappa shape index (κ1) is 16.7. The van der Waals surface area contributed by atoms with E-state index in [0.717, 1.165) is 49.1 Å². The Morgan fingerprint density at radius 1 is 1.31 bits per heavy atom. The number of halogens is 1. The number of nitrogens with one attached hydrogen (secondary N) is 3. The lowest BCUT2D eigenvalue weighted by Crippen LogP contribution is -2.30. The molecule has 1 aromatic carbocycles. The van der Waals surface area contributed by atoms with E-state index in [1.54, 1.807) is 6.20 Å². The number of aromatic nitrogens is 4. The summed E-state index contributed by atoms with van der Waals surface area (Å²) in [6.07, 6.45) is 5.09. The molecule has 1 aliphatic rings. The summed E-state index contributed by atoms with van der Waals surface area (Å²) in [6.45, 7) is 4.72. The Morgan fingerprint density at radius 2 is 2.23 bits per heavy atom. The van der Waals surface area contributed by atoms with Crippen molar-refractivity contribution in [3.05, 3.63) is 36.4 Å². The summed E-state index contributed by atoms with van der Waals surface area (Å²) in [5.41, 5.74) is 1.69. The molecule has 1 atom stereocenters. The van der Waals surface area contributed by atoms with E-state index in [4.69, 9.17) is 0 Å². The van der Waals surface area contributed by atoms with Gasteiger partial charge in [0.05, 0.1) is 17.9 Å². The highest BCUT2D eigenvalue weighted by Crippen LogP contribution is 2.23. The van der Waals surface area contributed by atoms with E-state index >= 15 is 0 Å². The van der Waals surface area contributed by atoms with Gasteiger partial charge in [-0.1, -0.05) is 6.92 Å². The van der Waals surface area contributed by atoms with Gasteiger partial charge in [0.15, 0.2) is 11.6 Å². The number of anilines is 3. The Morgan fingerprint density at radius 3 is 3.12 bits per heavy atom. The Bertz CT molecular complexity index is 894. The van der Waals surface area contributed by atoms with Crippen molar-refractivity contribution in [2.75, 3.05) is 29.9 Å². The van der Waals surface area contributed by atoms with Gasteiger partial charge < -0.3 is 15.5 Å². The third-order valence-electron chi connectivity index (χ3n) is 4.77. The Kier molecular flexibility index (Phi) is 4.66. The molecule has 4 rings (SSSR count). The second kappa shape index (κ2) is 7.25. The van der Waals surface area contributed by atoms with Crippen molar-refractivity contribution in [1.82, 2.24) is 25.5 Å². The van der Waals surface area contributed by atoms with Crippen LogP contribution in [0.2, 0.25) is 0 Å². The predicted molar refractivity (Wildman–Crippen MR) is 100 cm³/mol. The van der Waals surface area contributed by atoms with Crippen molar-refractivity contribution in [2.24, 2.45) is 0 Å². The molecule has 3 N–H and O–H groups in total. The molecule has 26 heavy (non-hydrogen) atoms. The Balaban J connectivity index is 1.55. The van der Waals surface area contributed by atoms with Crippen molar-refractivity contribution in [1.29, 1.82) is 0 Å². The van der Waals surface area contributed by atoms with Crippen molar-refractivity contribution in [3.63, 3.8) is 0 Å². The lowest BCUT2D eigenvalue weighted by molar-refractivity contribution is 0.509. The van der Waals surface area contributed by atoms with Gasteiger partial charge in [-0.15, -0.1) is 0 Å². The highest BCUT2D eigenvalue weighted by atomic mass is 19.1. The molecule has 3 heterocycles. The standard InChI is InChI=1S/C18H22FN7/c1-2-13-5-7-26(8-6-20-13)18-21-11-15(19)17(24-18)23-14-3-4-16-12(9-14)10-22-25-16/h3-4,9-11,13,20H,2,5-8H2,1H3,(H,22,25)(H,21,23,24). The van der Waals surface area contributed by atoms with E-state index in [1.165, 1.54) is 6.20 Å². The average molecular weight is 355 g/mol. The average Bonchev–Trinajstić information content (AvgIpc) is 2.99. The molecule has 0 saturated carbocycles. The van der Waals surface area contributed by atoms with E-state index in [-0.39, 0.29) is 5.82 Å². The predicted octanol–water partition coefficient (Wildman–Crippen LogP) is 2.81. The van der Waals surface area contributed by atoms with Crippen LogP contribution in [0.1, 0.15) is 19.8 Å². The molecular formula is C18H22FN7. The molecule has 136 valence electrons. The van der Waals surface area contributed by atoms with Crippen LogP contribution in [0.5, 0.6) is 0 Å². The maximum Gasteiger partial charge on any atom is 0.227 e. The minimum absolute atomic E-state index is 0.182. The molecule has 8 heteroatoms. The minimum Gasteiger partial charge on any atom is -0.339 e. The fourth-order valence-corrected chi connectivity index (χ4v) is 3.23. The first-order valence-electron chi connectivity index (χ1n) is 8.94. The summed E-state index contributed by atoms with van der Waals surface area (Å²) in [5.74, 6) is 0.263. The van der Waals surface area contributed by atoms with Crippen LogP contribution in [0.25, 0.3) is 10.9 Å². The zero-order valence-corrected chi connectivity index (χ0v) is 14.7. The molecule has 1 unspecified atom stereocenters. The van der Waals surface area contributed by atoms with Gasteiger partial charge in [-0.3, -0.25) is 5.10 Å². The SMILES string of the molecule is CCC1CCN(c2ncc(F)c(Nc3ccc4[nH]ncc4c3)n2)CCN1. The van der Waals surface area contributed by atoms with E-state index in [1.807, 2.05) is 18.2 Å². The molecule has 1 aliphatic heterocycles. The number of aromatic amines is 1. The van der Waals surface area contributed by atoms with Crippen LogP contribution in [0.4, 0.5) is 21.8 Å². The molecule has 0 bridgehead atoms. The second-order valence-corrected chi connectivity index (χ2v) is 6.50. The summed E-state index contributed by atoms with van der Waals surface area (Å²) >= 11 is 0. The van der Waals surface area contributed by atoms with Crippen LogP contribution >= 0.6 is 0 Å². The maximum absolute atomic E-state index is 14.2. The van der Waals surface area contributed by atoms with Crippen LogP contribution in [0.3, 0.4) is 0 Å². The van der Waals surface area contributed by atoms with Crippen LogP contribution in [0.15, 0.2) is 30.6 Å². The van der Waals surface area contributed by atoms with Gasteiger partial charge in [0.25, 0.3) is 0 Å². The largest absolute Gasteiger partial charge is 0.339 e. The van der Waals surface area contributed by atoms with Crippen molar-refractivity contribution >= 4 is 28.4 Å². The molecule has 7 nitrogen and oxygen atoms in total. The number of benzene rings is 1.